The molecule has 0 bridgehead atoms. The maximum atomic E-state index is 12.1. The molecule has 0 radical (unpaired) electrons. The maximum absolute atomic E-state index is 12.1. The number of hydrogen-bond donors (Lipinski definition) is 1. The van der Waals surface area contributed by atoms with E-state index in [1.165, 1.54) is 19.3 Å². The molecule has 4 heteroatoms. The molecule has 0 aliphatic heterocycles. The molecule has 0 saturated heterocycles. The molecule has 1 aromatic carbocycles. The third-order valence-corrected chi connectivity index (χ3v) is 4.04. The standard InChI is InChI=1S/C16H24N2O2/c1-3-20-16(19)13-10-7-11-14(17)15(13)18(2)12-8-5-4-6-9-12/h7,10-12H,3-6,8-9,17H2,1-2H3. The van der Waals surface area contributed by atoms with E-state index in [1.54, 1.807) is 12.1 Å². The van der Waals surface area contributed by atoms with E-state index < -0.39 is 0 Å². The molecule has 0 atom stereocenters. The number of esters is 1. The molecular weight excluding hydrogens is 252 g/mol. The number of carbonyl (C=O) groups excluding carboxylic acids is 1. The first-order valence-electron chi connectivity index (χ1n) is 7.43. The molecule has 4 nitrogen and oxygen atoms in total. The second-order valence-electron chi connectivity index (χ2n) is 5.37. The summed E-state index contributed by atoms with van der Waals surface area (Å²) in [7, 11) is 2.03. The third kappa shape index (κ3) is 3.06. The predicted octanol–water partition coefficient (Wildman–Crippen LogP) is 3.21. The van der Waals surface area contributed by atoms with Gasteiger partial charge in [-0.15, -0.1) is 0 Å². The van der Waals surface area contributed by atoms with Crippen LogP contribution >= 0.6 is 0 Å². The highest BCUT2D eigenvalue weighted by molar-refractivity contribution is 5.99. The Morgan fingerprint density at radius 3 is 2.70 bits per heavy atom. The first-order valence-corrected chi connectivity index (χ1v) is 7.43. The van der Waals surface area contributed by atoms with E-state index >= 15 is 0 Å². The number of carbonyl (C=O) groups is 1. The fraction of sp³-hybridized carbons (Fsp3) is 0.562. The van der Waals surface area contributed by atoms with E-state index in [0.717, 1.165) is 18.5 Å². The lowest BCUT2D eigenvalue weighted by Crippen LogP contribution is -2.35. The Labute approximate surface area is 120 Å². The summed E-state index contributed by atoms with van der Waals surface area (Å²) >= 11 is 0. The van der Waals surface area contributed by atoms with Gasteiger partial charge in [-0.25, -0.2) is 4.79 Å². The summed E-state index contributed by atoms with van der Waals surface area (Å²) < 4.78 is 5.14. The van der Waals surface area contributed by atoms with E-state index in [4.69, 9.17) is 10.5 Å². The lowest BCUT2D eigenvalue weighted by Gasteiger charge is -2.34. The van der Waals surface area contributed by atoms with Crippen molar-refractivity contribution in [1.82, 2.24) is 0 Å². The topological polar surface area (TPSA) is 55.6 Å². The predicted molar refractivity (Wildman–Crippen MR) is 82.1 cm³/mol. The number of benzene rings is 1. The molecular formula is C16H24N2O2. The van der Waals surface area contributed by atoms with Crippen molar-refractivity contribution in [2.45, 2.75) is 45.1 Å². The van der Waals surface area contributed by atoms with Crippen LogP contribution in [0.25, 0.3) is 0 Å². The first-order chi connectivity index (χ1) is 9.65. The number of para-hydroxylation sites is 1. The molecule has 0 unspecified atom stereocenters. The number of nitrogen functional groups attached to an aromatic ring is 1. The lowest BCUT2D eigenvalue weighted by atomic mass is 9.93. The molecule has 110 valence electrons. The molecule has 2 N–H and O–H groups in total. The zero-order valence-electron chi connectivity index (χ0n) is 12.4. The second kappa shape index (κ2) is 6.64. The van der Waals surface area contributed by atoms with Gasteiger partial charge in [0.25, 0.3) is 0 Å². The monoisotopic (exact) mass is 276 g/mol. The van der Waals surface area contributed by atoms with Gasteiger partial charge in [0.05, 0.1) is 23.5 Å². The van der Waals surface area contributed by atoms with Crippen LogP contribution in [0.2, 0.25) is 0 Å². The lowest BCUT2D eigenvalue weighted by molar-refractivity contribution is 0.0527. The van der Waals surface area contributed by atoms with E-state index in [9.17, 15) is 4.79 Å². The molecule has 0 spiro atoms. The van der Waals surface area contributed by atoms with Crippen LogP contribution in [0.15, 0.2) is 18.2 Å². The van der Waals surface area contributed by atoms with Crippen LogP contribution in [-0.2, 0) is 4.74 Å². The molecule has 2 rings (SSSR count). The number of nitrogens with two attached hydrogens (primary N) is 1. The average molecular weight is 276 g/mol. The van der Waals surface area contributed by atoms with Gasteiger partial charge in [0.15, 0.2) is 0 Å². The highest BCUT2D eigenvalue weighted by atomic mass is 16.5. The Morgan fingerprint density at radius 2 is 2.05 bits per heavy atom. The minimum absolute atomic E-state index is 0.294. The van der Waals surface area contributed by atoms with E-state index in [2.05, 4.69) is 4.90 Å². The maximum Gasteiger partial charge on any atom is 0.340 e. The zero-order valence-corrected chi connectivity index (χ0v) is 12.4. The van der Waals surface area contributed by atoms with Crippen molar-refractivity contribution < 1.29 is 9.53 Å². The fourth-order valence-electron chi connectivity index (χ4n) is 2.98. The molecule has 1 aromatic rings. The van der Waals surface area contributed by atoms with Gasteiger partial charge in [-0.3, -0.25) is 0 Å². The number of nitrogens with zero attached hydrogens (tertiary/aromatic N) is 1. The van der Waals surface area contributed by atoms with Crippen LogP contribution in [0.1, 0.15) is 49.4 Å². The summed E-state index contributed by atoms with van der Waals surface area (Å²) in [6, 6.07) is 5.90. The Morgan fingerprint density at radius 1 is 1.35 bits per heavy atom. The van der Waals surface area contributed by atoms with Gasteiger partial charge in [-0.2, -0.15) is 0 Å². The van der Waals surface area contributed by atoms with Crippen molar-refractivity contribution in [3.8, 4) is 0 Å². The molecule has 0 aromatic heterocycles. The van der Waals surface area contributed by atoms with Crippen molar-refractivity contribution >= 4 is 17.3 Å². The van der Waals surface area contributed by atoms with Crippen LogP contribution < -0.4 is 10.6 Å². The smallest absolute Gasteiger partial charge is 0.340 e. The quantitative estimate of drug-likeness (QED) is 0.677. The van der Waals surface area contributed by atoms with Gasteiger partial charge in [0, 0.05) is 13.1 Å². The van der Waals surface area contributed by atoms with E-state index in [0.29, 0.717) is 23.9 Å². The Bertz CT molecular complexity index is 468. The number of anilines is 2. The molecule has 1 aliphatic rings. The number of hydrogen-bond acceptors (Lipinski definition) is 4. The summed E-state index contributed by atoms with van der Waals surface area (Å²) in [5.41, 5.74) is 8.14. The normalized spacial score (nSPS) is 15.9. The van der Waals surface area contributed by atoms with Gasteiger partial charge in [0.2, 0.25) is 0 Å². The summed E-state index contributed by atoms with van der Waals surface area (Å²) in [5.74, 6) is -0.294. The third-order valence-electron chi connectivity index (χ3n) is 4.04. The minimum Gasteiger partial charge on any atom is -0.462 e. The van der Waals surface area contributed by atoms with Crippen molar-refractivity contribution in [2.75, 3.05) is 24.3 Å². The van der Waals surface area contributed by atoms with Gasteiger partial charge < -0.3 is 15.4 Å². The SMILES string of the molecule is CCOC(=O)c1cccc(N)c1N(C)C1CCCCC1. The van der Waals surface area contributed by atoms with Gasteiger partial charge >= 0.3 is 5.97 Å². The van der Waals surface area contributed by atoms with Gasteiger partial charge in [-0.1, -0.05) is 25.3 Å². The molecule has 0 amide bonds. The highest BCUT2D eigenvalue weighted by Crippen LogP contribution is 2.33. The molecule has 1 fully saturated rings. The van der Waals surface area contributed by atoms with Gasteiger partial charge in [0.1, 0.15) is 0 Å². The molecule has 0 heterocycles. The summed E-state index contributed by atoms with van der Waals surface area (Å²) in [4.78, 5) is 14.3. The Kier molecular flexibility index (Phi) is 4.88. The number of rotatable bonds is 4. The largest absolute Gasteiger partial charge is 0.462 e. The minimum atomic E-state index is -0.294. The van der Waals surface area contributed by atoms with Crippen molar-refractivity contribution in [3.63, 3.8) is 0 Å². The Balaban J connectivity index is 2.30. The van der Waals surface area contributed by atoms with Crippen molar-refractivity contribution in [2.24, 2.45) is 0 Å². The van der Waals surface area contributed by atoms with Crippen molar-refractivity contribution in [3.05, 3.63) is 23.8 Å². The van der Waals surface area contributed by atoms with Crippen LogP contribution in [0.3, 0.4) is 0 Å². The highest BCUT2D eigenvalue weighted by Gasteiger charge is 2.24. The van der Waals surface area contributed by atoms with Crippen LogP contribution in [0.4, 0.5) is 11.4 Å². The number of ether oxygens (including phenoxy) is 1. The molecule has 20 heavy (non-hydrogen) atoms. The van der Waals surface area contributed by atoms with Crippen LogP contribution in [0, 0.1) is 0 Å². The molecule has 1 aliphatic carbocycles. The van der Waals surface area contributed by atoms with Gasteiger partial charge in [-0.05, 0) is 31.9 Å². The second-order valence-corrected chi connectivity index (χ2v) is 5.37. The van der Waals surface area contributed by atoms with Crippen LogP contribution in [0.5, 0.6) is 0 Å². The first kappa shape index (κ1) is 14.7. The summed E-state index contributed by atoms with van der Waals surface area (Å²) in [5, 5.41) is 0. The van der Waals surface area contributed by atoms with E-state index in [1.807, 2.05) is 20.0 Å². The average Bonchev–Trinajstić information content (AvgIpc) is 2.47. The van der Waals surface area contributed by atoms with Crippen molar-refractivity contribution in [1.29, 1.82) is 0 Å². The zero-order chi connectivity index (χ0) is 14.5. The molecule has 1 saturated carbocycles. The summed E-state index contributed by atoms with van der Waals surface area (Å²) in [6.07, 6.45) is 6.12. The van der Waals surface area contributed by atoms with Crippen LogP contribution in [-0.4, -0.2) is 25.7 Å². The van der Waals surface area contributed by atoms with E-state index in [-0.39, 0.29) is 5.97 Å². The fourth-order valence-corrected chi connectivity index (χ4v) is 2.98. The Hall–Kier alpha value is -1.71. The summed E-state index contributed by atoms with van der Waals surface area (Å²) in [6.45, 7) is 2.19.